The summed E-state index contributed by atoms with van der Waals surface area (Å²) < 4.78 is 5.22. The first-order valence-corrected chi connectivity index (χ1v) is 7.31. The lowest BCUT2D eigenvalue weighted by atomic mass is 10.1. The average Bonchev–Trinajstić information content (AvgIpc) is 2.49. The molecule has 0 spiro atoms. The zero-order chi connectivity index (χ0) is 15.4. The van der Waals surface area contributed by atoms with Gasteiger partial charge in [0.25, 0.3) is 0 Å². The molecular weight excluding hydrogens is 309 g/mol. The van der Waals surface area contributed by atoms with E-state index in [0.29, 0.717) is 17.1 Å². The summed E-state index contributed by atoms with van der Waals surface area (Å²) in [4.78, 5) is 0. The van der Waals surface area contributed by atoms with E-state index in [1.165, 1.54) is 6.07 Å². The number of nitrogens with one attached hydrogen (secondary N) is 1. The van der Waals surface area contributed by atoms with Crippen LogP contribution in [0.25, 0.3) is 0 Å². The Morgan fingerprint density at radius 3 is 2.71 bits per heavy atom. The van der Waals surface area contributed by atoms with E-state index >= 15 is 0 Å². The molecular formula is C16H17Cl2NO2. The lowest BCUT2D eigenvalue weighted by Gasteiger charge is -2.16. The van der Waals surface area contributed by atoms with E-state index in [9.17, 15) is 5.11 Å². The van der Waals surface area contributed by atoms with Gasteiger partial charge in [0.2, 0.25) is 0 Å². The predicted octanol–water partition coefficient (Wildman–Crippen LogP) is 4.56. The Bertz CT molecular complexity index is 632. The van der Waals surface area contributed by atoms with Crippen LogP contribution in [0.15, 0.2) is 36.4 Å². The van der Waals surface area contributed by atoms with Crippen molar-refractivity contribution < 1.29 is 9.84 Å². The number of halogens is 2. The maximum Gasteiger partial charge on any atom is 0.138 e. The quantitative estimate of drug-likeness (QED) is 0.846. The average molecular weight is 326 g/mol. The van der Waals surface area contributed by atoms with Gasteiger partial charge < -0.3 is 15.2 Å². The fourth-order valence-electron chi connectivity index (χ4n) is 2.05. The van der Waals surface area contributed by atoms with Crippen LogP contribution in [0, 0.1) is 0 Å². The van der Waals surface area contributed by atoms with Gasteiger partial charge in [-0.25, -0.2) is 0 Å². The van der Waals surface area contributed by atoms with Crippen LogP contribution in [0.1, 0.15) is 24.1 Å². The van der Waals surface area contributed by atoms with Gasteiger partial charge >= 0.3 is 0 Å². The molecule has 2 N–H and O–H groups in total. The fraction of sp³-hybridized carbons (Fsp3) is 0.250. The first-order chi connectivity index (χ1) is 10.0. The van der Waals surface area contributed by atoms with E-state index in [-0.39, 0.29) is 16.8 Å². The molecule has 0 fully saturated rings. The second-order valence-electron chi connectivity index (χ2n) is 4.77. The van der Waals surface area contributed by atoms with Crippen LogP contribution in [-0.4, -0.2) is 12.2 Å². The van der Waals surface area contributed by atoms with E-state index in [2.05, 4.69) is 5.32 Å². The van der Waals surface area contributed by atoms with Gasteiger partial charge in [0.05, 0.1) is 12.1 Å². The zero-order valence-electron chi connectivity index (χ0n) is 11.9. The van der Waals surface area contributed by atoms with Crippen molar-refractivity contribution in [3.8, 4) is 11.5 Å². The number of benzene rings is 2. The summed E-state index contributed by atoms with van der Waals surface area (Å²) in [7, 11) is 1.64. The second-order valence-corrected chi connectivity index (χ2v) is 5.62. The third kappa shape index (κ3) is 4.03. The van der Waals surface area contributed by atoms with Crippen LogP contribution >= 0.6 is 23.2 Å². The summed E-state index contributed by atoms with van der Waals surface area (Å²) in [6.45, 7) is 2.50. The van der Waals surface area contributed by atoms with Gasteiger partial charge in [-0.05, 0) is 36.8 Å². The molecule has 0 heterocycles. The summed E-state index contributed by atoms with van der Waals surface area (Å²) >= 11 is 11.9. The van der Waals surface area contributed by atoms with Gasteiger partial charge in [-0.1, -0.05) is 35.3 Å². The van der Waals surface area contributed by atoms with Gasteiger partial charge in [0, 0.05) is 23.2 Å². The number of phenols is 1. The monoisotopic (exact) mass is 325 g/mol. The van der Waals surface area contributed by atoms with Crippen molar-refractivity contribution >= 4 is 23.2 Å². The minimum Gasteiger partial charge on any atom is -0.506 e. The molecule has 2 aromatic carbocycles. The Morgan fingerprint density at radius 1 is 1.24 bits per heavy atom. The van der Waals surface area contributed by atoms with Crippen molar-refractivity contribution in [2.45, 2.75) is 19.5 Å². The van der Waals surface area contributed by atoms with E-state index < -0.39 is 0 Å². The highest BCUT2D eigenvalue weighted by Gasteiger charge is 2.10. The Morgan fingerprint density at radius 2 is 2.00 bits per heavy atom. The zero-order valence-corrected chi connectivity index (χ0v) is 13.4. The topological polar surface area (TPSA) is 41.5 Å². The molecule has 2 rings (SSSR count). The van der Waals surface area contributed by atoms with Crippen LogP contribution in [0.2, 0.25) is 10.0 Å². The van der Waals surface area contributed by atoms with Crippen molar-refractivity contribution in [2.24, 2.45) is 0 Å². The summed E-state index contributed by atoms with van der Waals surface area (Å²) in [6, 6.07) is 11.2. The molecule has 0 aromatic heterocycles. The maximum atomic E-state index is 9.94. The van der Waals surface area contributed by atoms with Crippen molar-refractivity contribution in [1.82, 2.24) is 5.32 Å². The molecule has 1 unspecified atom stereocenters. The van der Waals surface area contributed by atoms with Crippen LogP contribution in [-0.2, 0) is 6.54 Å². The summed E-state index contributed by atoms with van der Waals surface area (Å²) in [6.07, 6.45) is 0. The maximum absolute atomic E-state index is 9.94. The van der Waals surface area contributed by atoms with Gasteiger partial charge in [0.1, 0.15) is 11.5 Å². The summed E-state index contributed by atoms with van der Waals surface area (Å²) in [5, 5.41) is 14.0. The lowest BCUT2D eigenvalue weighted by Crippen LogP contribution is -2.18. The third-order valence-electron chi connectivity index (χ3n) is 3.30. The van der Waals surface area contributed by atoms with Crippen molar-refractivity contribution in [3.63, 3.8) is 0 Å². The molecule has 21 heavy (non-hydrogen) atoms. The van der Waals surface area contributed by atoms with Crippen LogP contribution in [0.3, 0.4) is 0 Å². The molecule has 0 aliphatic rings. The smallest absolute Gasteiger partial charge is 0.138 e. The molecule has 0 saturated carbocycles. The first kappa shape index (κ1) is 16.0. The van der Waals surface area contributed by atoms with Crippen LogP contribution in [0.5, 0.6) is 11.5 Å². The lowest BCUT2D eigenvalue weighted by molar-refractivity contribution is 0.413. The van der Waals surface area contributed by atoms with Crippen molar-refractivity contribution in [1.29, 1.82) is 0 Å². The molecule has 0 aliphatic heterocycles. The minimum atomic E-state index is 0.0615. The van der Waals surface area contributed by atoms with Crippen LogP contribution < -0.4 is 10.1 Å². The Labute approximate surface area is 134 Å². The van der Waals surface area contributed by atoms with Gasteiger partial charge in [-0.15, -0.1) is 0 Å². The molecule has 2 aromatic rings. The van der Waals surface area contributed by atoms with Crippen LogP contribution in [0.4, 0.5) is 0 Å². The molecule has 0 radical (unpaired) electrons. The largest absolute Gasteiger partial charge is 0.506 e. The van der Waals surface area contributed by atoms with Crippen molar-refractivity contribution in [3.05, 3.63) is 57.6 Å². The number of hydrogen-bond donors (Lipinski definition) is 2. The molecule has 0 amide bonds. The Balaban J connectivity index is 2.09. The third-order valence-corrected chi connectivity index (χ3v) is 3.81. The molecule has 0 bridgehead atoms. The first-order valence-electron chi connectivity index (χ1n) is 6.55. The molecule has 3 nitrogen and oxygen atoms in total. The minimum absolute atomic E-state index is 0.0615. The number of hydrogen-bond acceptors (Lipinski definition) is 3. The summed E-state index contributed by atoms with van der Waals surface area (Å²) in [5.74, 6) is 0.876. The number of aromatic hydroxyl groups is 1. The van der Waals surface area contributed by atoms with Gasteiger partial charge in [0.15, 0.2) is 0 Å². The second kappa shape index (κ2) is 7.03. The van der Waals surface area contributed by atoms with E-state index in [1.54, 1.807) is 13.2 Å². The number of ether oxygens (including phenoxy) is 1. The predicted molar refractivity (Wildman–Crippen MR) is 86.4 cm³/mol. The summed E-state index contributed by atoms with van der Waals surface area (Å²) in [5.41, 5.74) is 1.77. The van der Waals surface area contributed by atoms with Crippen molar-refractivity contribution in [2.75, 3.05) is 7.11 Å². The normalized spacial score (nSPS) is 12.2. The van der Waals surface area contributed by atoms with Gasteiger partial charge in [-0.3, -0.25) is 0 Å². The van der Waals surface area contributed by atoms with E-state index in [1.807, 2.05) is 31.2 Å². The number of rotatable bonds is 5. The van der Waals surface area contributed by atoms with E-state index in [4.69, 9.17) is 27.9 Å². The fourth-order valence-corrected chi connectivity index (χ4v) is 2.58. The van der Waals surface area contributed by atoms with Gasteiger partial charge in [-0.2, -0.15) is 0 Å². The highest BCUT2D eigenvalue weighted by molar-refractivity contribution is 6.35. The Kier molecular flexibility index (Phi) is 5.34. The molecule has 5 heteroatoms. The molecule has 0 aliphatic carbocycles. The Hall–Kier alpha value is -1.42. The molecule has 1 atom stereocenters. The highest BCUT2D eigenvalue weighted by atomic mass is 35.5. The number of methoxy groups -OCH3 is 1. The standard InChI is InChI=1S/C16H17Cl2NO2/c1-10(11-4-3-5-14(7-11)21-2)19-9-12-6-13(17)8-15(18)16(12)20/h3-8,10,19-20H,9H2,1-2H3. The highest BCUT2D eigenvalue weighted by Crippen LogP contribution is 2.31. The molecule has 112 valence electrons. The SMILES string of the molecule is COc1cccc(C(C)NCc2cc(Cl)cc(Cl)c2O)c1. The number of phenolic OH excluding ortho intramolecular Hbond substituents is 1. The molecule has 0 saturated heterocycles. The van der Waals surface area contributed by atoms with E-state index in [0.717, 1.165) is 11.3 Å².